The van der Waals surface area contributed by atoms with E-state index in [2.05, 4.69) is 5.32 Å². The third-order valence-electron chi connectivity index (χ3n) is 3.09. The highest BCUT2D eigenvalue weighted by Crippen LogP contribution is 2.22. The van der Waals surface area contributed by atoms with Gasteiger partial charge in [0.15, 0.2) is 0 Å². The lowest BCUT2D eigenvalue weighted by Gasteiger charge is -2.30. The number of carbonyl (C=O) groups is 2. The molecule has 0 aliphatic rings. The molecule has 0 bridgehead atoms. The predicted molar refractivity (Wildman–Crippen MR) is 78.8 cm³/mol. The van der Waals surface area contributed by atoms with Gasteiger partial charge in [0.25, 0.3) is 0 Å². The molecular weight excluding hydrogens is 275 g/mol. The summed E-state index contributed by atoms with van der Waals surface area (Å²) in [5.41, 5.74) is -0.536. The lowest BCUT2D eigenvalue weighted by atomic mass is 9.87. The van der Waals surface area contributed by atoms with E-state index in [9.17, 15) is 19.1 Å². The van der Waals surface area contributed by atoms with E-state index >= 15 is 0 Å². The number of aliphatic carboxylic acids is 1. The van der Waals surface area contributed by atoms with Crippen LogP contribution in [0.25, 0.3) is 0 Å². The van der Waals surface area contributed by atoms with Crippen LogP contribution in [0.1, 0.15) is 27.7 Å². The molecule has 0 unspecified atom stereocenters. The first-order valence-electron chi connectivity index (χ1n) is 6.73. The molecule has 5 nitrogen and oxygen atoms in total. The molecule has 1 aromatic carbocycles. The average Bonchev–Trinajstić information content (AvgIpc) is 2.37. The highest BCUT2D eigenvalue weighted by molar-refractivity contribution is 5.94. The summed E-state index contributed by atoms with van der Waals surface area (Å²) in [6, 6.07) is 4.18. The lowest BCUT2D eigenvalue weighted by Crippen LogP contribution is -2.53. The van der Waals surface area contributed by atoms with Crippen molar-refractivity contribution in [2.75, 3.05) is 11.4 Å². The zero-order valence-corrected chi connectivity index (χ0v) is 12.7. The Morgan fingerprint density at radius 2 is 1.90 bits per heavy atom. The summed E-state index contributed by atoms with van der Waals surface area (Å²) in [6.07, 6.45) is 0. The molecule has 2 amide bonds. The van der Waals surface area contributed by atoms with Crippen LogP contribution in [0, 0.1) is 11.2 Å². The first-order chi connectivity index (χ1) is 9.68. The molecule has 0 saturated carbocycles. The average molecular weight is 296 g/mol. The largest absolute Gasteiger partial charge is 0.480 e. The van der Waals surface area contributed by atoms with Crippen molar-refractivity contribution in [2.45, 2.75) is 33.7 Å². The summed E-state index contributed by atoms with van der Waals surface area (Å²) in [4.78, 5) is 24.7. The molecule has 0 radical (unpaired) electrons. The Bertz CT molecular complexity index is 526. The fourth-order valence-corrected chi connectivity index (χ4v) is 1.94. The van der Waals surface area contributed by atoms with Crippen LogP contribution in [0.2, 0.25) is 0 Å². The minimum absolute atomic E-state index is 0.121. The van der Waals surface area contributed by atoms with Gasteiger partial charge in [0.2, 0.25) is 0 Å². The fourth-order valence-electron chi connectivity index (χ4n) is 1.94. The molecule has 0 heterocycles. The number of hydrogen-bond acceptors (Lipinski definition) is 2. The smallest absolute Gasteiger partial charge is 0.326 e. The summed E-state index contributed by atoms with van der Waals surface area (Å²) in [5.74, 6) is -1.66. The number of para-hydroxylation sites is 1. The standard InChI is InChI=1S/C15H21FN2O3/c1-5-18(11-9-7-6-8-10(11)16)14(21)17-12(13(19)20)15(2,3)4/h6-9,12H,5H2,1-4H3,(H,17,21)(H,19,20)/t12-/m1/s1. The van der Waals surface area contributed by atoms with E-state index in [1.165, 1.54) is 23.1 Å². The van der Waals surface area contributed by atoms with Gasteiger partial charge in [0.1, 0.15) is 11.9 Å². The number of halogens is 1. The Hall–Kier alpha value is -2.11. The van der Waals surface area contributed by atoms with Crippen molar-refractivity contribution in [3.05, 3.63) is 30.1 Å². The summed E-state index contributed by atoms with van der Waals surface area (Å²) in [6.45, 7) is 7.06. The molecule has 0 saturated heterocycles. The van der Waals surface area contributed by atoms with E-state index in [1.54, 1.807) is 33.8 Å². The van der Waals surface area contributed by atoms with Crippen molar-refractivity contribution in [1.29, 1.82) is 0 Å². The van der Waals surface area contributed by atoms with E-state index in [0.29, 0.717) is 0 Å². The van der Waals surface area contributed by atoms with Crippen LogP contribution >= 0.6 is 0 Å². The van der Waals surface area contributed by atoms with E-state index in [0.717, 1.165) is 0 Å². The maximum absolute atomic E-state index is 13.8. The SMILES string of the molecule is CCN(C(=O)N[C@H](C(=O)O)C(C)(C)C)c1ccccc1F. The zero-order chi connectivity index (χ0) is 16.2. The Labute approximate surface area is 123 Å². The number of carbonyl (C=O) groups excluding carboxylic acids is 1. The quantitative estimate of drug-likeness (QED) is 0.897. The topological polar surface area (TPSA) is 69.6 Å². The fraction of sp³-hybridized carbons (Fsp3) is 0.467. The molecule has 0 fully saturated rings. The Morgan fingerprint density at radius 1 is 1.33 bits per heavy atom. The third kappa shape index (κ3) is 4.18. The van der Waals surface area contributed by atoms with Crippen molar-refractivity contribution in [1.82, 2.24) is 5.32 Å². The summed E-state index contributed by atoms with van der Waals surface area (Å²) < 4.78 is 13.8. The van der Waals surface area contributed by atoms with Gasteiger partial charge in [-0.3, -0.25) is 4.90 Å². The minimum atomic E-state index is -1.12. The second kappa shape index (κ2) is 6.56. The van der Waals surface area contributed by atoms with Gasteiger partial charge in [-0.05, 0) is 24.5 Å². The summed E-state index contributed by atoms with van der Waals surface area (Å²) >= 11 is 0. The normalized spacial score (nSPS) is 12.6. The molecule has 1 atom stereocenters. The van der Waals surface area contributed by atoms with Crippen molar-refractivity contribution >= 4 is 17.7 Å². The number of rotatable bonds is 4. The number of carboxylic acid groups (broad SMARTS) is 1. The predicted octanol–water partition coefficient (Wildman–Crippen LogP) is 2.86. The Morgan fingerprint density at radius 3 is 2.33 bits per heavy atom. The van der Waals surface area contributed by atoms with Gasteiger partial charge in [-0.1, -0.05) is 32.9 Å². The van der Waals surface area contributed by atoms with E-state index in [4.69, 9.17) is 0 Å². The number of anilines is 1. The van der Waals surface area contributed by atoms with Gasteiger partial charge in [-0.25, -0.2) is 14.0 Å². The molecule has 0 spiro atoms. The molecule has 1 rings (SSSR count). The van der Waals surface area contributed by atoms with Crippen molar-refractivity contribution < 1.29 is 19.1 Å². The molecule has 0 aromatic heterocycles. The van der Waals surface area contributed by atoms with Gasteiger partial charge in [-0.15, -0.1) is 0 Å². The molecule has 116 valence electrons. The maximum atomic E-state index is 13.8. The number of nitrogens with zero attached hydrogens (tertiary/aromatic N) is 1. The highest BCUT2D eigenvalue weighted by Gasteiger charge is 2.34. The summed E-state index contributed by atoms with van der Waals surface area (Å²) in [7, 11) is 0. The molecule has 0 aliphatic carbocycles. The third-order valence-corrected chi connectivity index (χ3v) is 3.09. The number of carboxylic acids is 1. The molecule has 1 aromatic rings. The highest BCUT2D eigenvalue weighted by atomic mass is 19.1. The molecule has 21 heavy (non-hydrogen) atoms. The van der Waals surface area contributed by atoms with Crippen molar-refractivity contribution in [2.24, 2.45) is 5.41 Å². The van der Waals surface area contributed by atoms with Gasteiger partial charge in [0.05, 0.1) is 5.69 Å². The van der Waals surface area contributed by atoms with Gasteiger partial charge >= 0.3 is 12.0 Å². The Balaban J connectivity index is 3.00. The van der Waals surface area contributed by atoms with Crippen LogP contribution in [-0.2, 0) is 4.79 Å². The van der Waals surface area contributed by atoms with Gasteiger partial charge < -0.3 is 10.4 Å². The van der Waals surface area contributed by atoms with Crippen LogP contribution in [0.5, 0.6) is 0 Å². The van der Waals surface area contributed by atoms with Crippen molar-refractivity contribution in [3.63, 3.8) is 0 Å². The lowest BCUT2D eigenvalue weighted by molar-refractivity contribution is -0.141. The zero-order valence-electron chi connectivity index (χ0n) is 12.7. The number of urea groups is 1. The van der Waals surface area contributed by atoms with Gasteiger partial charge in [0, 0.05) is 6.54 Å². The van der Waals surface area contributed by atoms with E-state index < -0.39 is 29.3 Å². The molecule has 0 aliphatic heterocycles. The number of nitrogens with one attached hydrogen (secondary N) is 1. The number of hydrogen-bond donors (Lipinski definition) is 2. The summed E-state index contributed by atoms with van der Waals surface area (Å²) in [5, 5.41) is 11.7. The second-order valence-corrected chi connectivity index (χ2v) is 5.78. The van der Waals surface area contributed by atoms with E-state index in [-0.39, 0.29) is 12.2 Å². The van der Waals surface area contributed by atoms with Crippen molar-refractivity contribution in [3.8, 4) is 0 Å². The van der Waals surface area contributed by atoms with E-state index in [1.807, 2.05) is 0 Å². The maximum Gasteiger partial charge on any atom is 0.326 e. The first kappa shape index (κ1) is 16.9. The monoisotopic (exact) mass is 296 g/mol. The molecule has 2 N–H and O–H groups in total. The number of amides is 2. The number of benzene rings is 1. The molecular formula is C15H21FN2O3. The van der Waals surface area contributed by atoms with Crippen LogP contribution in [0.3, 0.4) is 0 Å². The van der Waals surface area contributed by atoms with Crippen LogP contribution < -0.4 is 10.2 Å². The first-order valence-corrected chi connectivity index (χ1v) is 6.73. The van der Waals surface area contributed by atoms with Crippen LogP contribution in [0.4, 0.5) is 14.9 Å². The Kier molecular flexibility index (Phi) is 5.29. The van der Waals surface area contributed by atoms with Crippen LogP contribution in [0.15, 0.2) is 24.3 Å². The second-order valence-electron chi connectivity index (χ2n) is 5.78. The van der Waals surface area contributed by atoms with Gasteiger partial charge in [-0.2, -0.15) is 0 Å². The minimum Gasteiger partial charge on any atom is -0.480 e. The molecule has 6 heteroatoms. The van der Waals surface area contributed by atoms with Crippen LogP contribution in [-0.4, -0.2) is 29.7 Å².